The fourth-order valence-electron chi connectivity index (χ4n) is 1.45. The van der Waals surface area contributed by atoms with Crippen LogP contribution < -0.4 is 0 Å². The molecule has 1 aliphatic heterocycles. The quantitative estimate of drug-likeness (QED) is 0.729. The van der Waals surface area contributed by atoms with Crippen LogP contribution in [0, 0.1) is 0 Å². The van der Waals surface area contributed by atoms with Crippen molar-refractivity contribution in [1.29, 1.82) is 0 Å². The normalized spacial score (nSPS) is 16.5. The fourth-order valence-corrected chi connectivity index (χ4v) is 1.79. The molecule has 2 heterocycles. The Bertz CT molecular complexity index is 364. The zero-order valence-electron chi connectivity index (χ0n) is 8.15. The lowest BCUT2D eigenvalue weighted by molar-refractivity contribution is -0.00604. The minimum Gasteiger partial charge on any atom is -0.361 e. The number of ether oxygens (including phenoxy) is 1. The number of hydrogen-bond donors (Lipinski definition) is 0. The van der Waals surface area contributed by atoms with Crippen molar-refractivity contribution in [3.05, 3.63) is 28.5 Å². The molecule has 0 aromatic carbocycles. The van der Waals surface area contributed by atoms with E-state index in [9.17, 15) is 4.79 Å². The summed E-state index contributed by atoms with van der Waals surface area (Å²) in [7, 11) is 0. The van der Waals surface area contributed by atoms with E-state index in [4.69, 9.17) is 4.74 Å². The van der Waals surface area contributed by atoms with E-state index in [-0.39, 0.29) is 5.91 Å². The van der Waals surface area contributed by atoms with Gasteiger partial charge >= 0.3 is 0 Å². The molecule has 2 rings (SSSR count). The van der Waals surface area contributed by atoms with Crippen LogP contribution in [0.15, 0.2) is 22.8 Å². The van der Waals surface area contributed by atoms with Crippen molar-refractivity contribution in [3.8, 4) is 0 Å². The average Bonchev–Trinajstić information content (AvgIpc) is 2.29. The van der Waals surface area contributed by atoms with E-state index < -0.39 is 0 Å². The average molecular weight is 271 g/mol. The Morgan fingerprint density at radius 1 is 1.53 bits per heavy atom. The molecule has 0 saturated carbocycles. The second kappa shape index (κ2) is 4.72. The van der Waals surface area contributed by atoms with Crippen LogP contribution in [0.5, 0.6) is 0 Å². The number of nitrogens with zero attached hydrogens (tertiary/aromatic N) is 2. The Morgan fingerprint density at radius 3 is 3.07 bits per heavy atom. The van der Waals surface area contributed by atoms with Gasteiger partial charge < -0.3 is 9.64 Å². The second-order valence-electron chi connectivity index (χ2n) is 3.31. The molecule has 0 spiro atoms. The van der Waals surface area contributed by atoms with E-state index in [1.165, 1.54) is 0 Å². The van der Waals surface area contributed by atoms with Crippen molar-refractivity contribution in [1.82, 2.24) is 9.88 Å². The predicted molar refractivity (Wildman–Crippen MR) is 58.4 cm³/mol. The molecule has 1 aromatic rings. The van der Waals surface area contributed by atoms with Gasteiger partial charge in [-0.15, -0.1) is 0 Å². The molecule has 4 nitrogen and oxygen atoms in total. The highest BCUT2D eigenvalue weighted by Gasteiger charge is 2.19. The summed E-state index contributed by atoms with van der Waals surface area (Å²) in [6, 6.07) is 5.31. The van der Waals surface area contributed by atoms with Gasteiger partial charge in [0.25, 0.3) is 5.91 Å². The maximum atomic E-state index is 11.9. The summed E-state index contributed by atoms with van der Waals surface area (Å²) >= 11 is 3.24. The third-order valence-electron chi connectivity index (χ3n) is 2.19. The van der Waals surface area contributed by atoms with Crippen molar-refractivity contribution < 1.29 is 9.53 Å². The predicted octanol–water partition coefficient (Wildman–Crippen LogP) is 1.66. The van der Waals surface area contributed by atoms with E-state index in [1.54, 1.807) is 23.1 Å². The molecule has 15 heavy (non-hydrogen) atoms. The standard InChI is InChI=1S/C10H11BrN2O2/c11-9-4-1-3-8(12-9)10(14)13-5-2-6-15-7-13/h1,3-4H,2,5-7H2. The first kappa shape index (κ1) is 10.6. The van der Waals surface area contributed by atoms with Gasteiger partial charge in [0, 0.05) is 6.54 Å². The molecule has 0 radical (unpaired) electrons. The molecule has 80 valence electrons. The van der Waals surface area contributed by atoms with Crippen LogP contribution in [0.3, 0.4) is 0 Å². The third kappa shape index (κ3) is 2.54. The number of aromatic nitrogens is 1. The lowest BCUT2D eigenvalue weighted by Crippen LogP contribution is -2.38. The highest BCUT2D eigenvalue weighted by molar-refractivity contribution is 9.10. The molecule has 0 bridgehead atoms. The van der Waals surface area contributed by atoms with Crippen molar-refractivity contribution >= 4 is 21.8 Å². The number of rotatable bonds is 1. The largest absolute Gasteiger partial charge is 0.361 e. The Balaban J connectivity index is 2.12. The second-order valence-corrected chi connectivity index (χ2v) is 4.12. The molecule has 1 aromatic heterocycles. The highest BCUT2D eigenvalue weighted by Crippen LogP contribution is 2.10. The summed E-state index contributed by atoms with van der Waals surface area (Å²) in [5.41, 5.74) is 0.454. The van der Waals surface area contributed by atoms with Gasteiger partial charge in [0.15, 0.2) is 0 Å². The summed E-state index contributed by atoms with van der Waals surface area (Å²) < 4.78 is 5.89. The van der Waals surface area contributed by atoms with Crippen molar-refractivity contribution in [2.45, 2.75) is 6.42 Å². The number of hydrogen-bond acceptors (Lipinski definition) is 3. The van der Waals surface area contributed by atoms with Crippen molar-refractivity contribution in [2.24, 2.45) is 0 Å². The van der Waals surface area contributed by atoms with Gasteiger partial charge in [0.05, 0.1) is 6.61 Å². The number of halogens is 1. The van der Waals surface area contributed by atoms with Gasteiger partial charge in [-0.2, -0.15) is 0 Å². The first-order chi connectivity index (χ1) is 7.27. The van der Waals surface area contributed by atoms with Crippen LogP contribution in [-0.2, 0) is 4.74 Å². The van der Waals surface area contributed by atoms with Crippen LogP contribution in [0.25, 0.3) is 0 Å². The van der Waals surface area contributed by atoms with Crippen LogP contribution in [-0.4, -0.2) is 35.7 Å². The molecule has 1 amide bonds. The summed E-state index contributed by atoms with van der Waals surface area (Å²) in [6.07, 6.45) is 0.889. The van der Waals surface area contributed by atoms with Crippen LogP contribution in [0.2, 0.25) is 0 Å². The monoisotopic (exact) mass is 270 g/mol. The Labute approximate surface area is 96.4 Å². The first-order valence-corrected chi connectivity index (χ1v) is 5.56. The van der Waals surface area contributed by atoms with Gasteiger partial charge in [0.2, 0.25) is 0 Å². The topological polar surface area (TPSA) is 42.4 Å². The van der Waals surface area contributed by atoms with Gasteiger partial charge in [-0.3, -0.25) is 4.79 Å². The van der Waals surface area contributed by atoms with Crippen molar-refractivity contribution in [3.63, 3.8) is 0 Å². The van der Waals surface area contributed by atoms with Gasteiger partial charge in [-0.05, 0) is 34.5 Å². The van der Waals surface area contributed by atoms with Crippen LogP contribution in [0.1, 0.15) is 16.9 Å². The number of amides is 1. The molecule has 0 unspecified atom stereocenters. The minimum absolute atomic E-state index is 0.0731. The lowest BCUT2D eigenvalue weighted by atomic mass is 10.3. The van der Waals surface area contributed by atoms with Gasteiger partial charge in [-0.1, -0.05) is 6.07 Å². The summed E-state index contributed by atoms with van der Waals surface area (Å²) in [6.45, 7) is 1.84. The van der Waals surface area contributed by atoms with Crippen LogP contribution >= 0.6 is 15.9 Å². The Hall–Kier alpha value is -0.940. The molecule has 1 aliphatic rings. The molecule has 1 saturated heterocycles. The molecule has 0 aliphatic carbocycles. The zero-order valence-corrected chi connectivity index (χ0v) is 9.74. The van der Waals surface area contributed by atoms with E-state index in [0.29, 0.717) is 17.0 Å². The van der Waals surface area contributed by atoms with E-state index in [0.717, 1.165) is 19.6 Å². The Kier molecular flexibility index (Phi) is 3.33. The highest BCUT2D eigenvalue weighted by atomic mass is 79.9. The summed E-state index contributed by atoms with van der Waals surface area (Å²) in [4.78, 5) is 17.7. The molecular formula is C10H11BrN2O2. The minimum atomic E-state index is -0.0731. The number of carbonyl (C=O) groups is 1. The summed E-state index contributed by atoms with van der Waals surface area (Å²) in [5.74, 6) is -0.0731. The van der Waals surface area contributed by atoms with Gasteiger partial charge in [0.1, 0.15) is 17.0 Å². The third-order valence-corrected chi connectivity index (χ3v) is 2.63. The van der Waals surface area contributed by atoms with E-state index in [1.807, 2.05) is 0 Å². The number of pyridine rings is 1. The maximum absolute atomic E-state index is 11.9. The zero-order chi connectivity index (χ0) is 10.7. The Morgan fingerprint density at radius 2 is 2.40 bits per heavy atom. The number of carbonyl (C=O) groups excluding carboxylic acids is 1. The molecule has 1 fully saturated rings. The summed E-state index contributed by atoms with van der Waals surface area (Å²) in [5, 5.41) is 0. The molecular weight excluding hydrogens is 260 g/mol. The lowest BCUT2D eigenvalue weighted by Gasteiger charge is -2.26. The molecule has 0 N–H and O–H groups in total. The SMILES string of the molecule is O=C(c1cccc(Br)n1)N1CCCOC1. The fraction of sp³-hybridized carbons (Fsp3) is 0.400. The van der Waals surface area contributed by atoms with E-state index in [2.05, 4.69) is 20.9 Å². The van der Waals surface area contributed by atoms with Crippen molar-refractivity contribution in [2.75, 3.05) is 19.9 Å². The maximum Gasteiger partial charge on any atom is 0.274 e. The molecule has 0 atom stereocenters. The smallest absolute Gasteiger partial charge is 0.274 e. The first-order valence-electron chi connectivity index (χ1n) is 4.77. The van der Waals surface area contributed by atoms with E-state index >= 15 is 0 Å². The van der Waals surface area contributed by atoms with Gasteiger partial charge in [-0.25, -0.2) is 4.98 Å². The molecule has 5 heteroatoms. The van der Waals surface area contributed by atoms with Crippen LogP contribution in [0.4, 0.5) is 0 Å².